The third kappa shape index (κ3) is 8.82. The van der Waals surface area contributed by atoms with Crippen molar-refractivity contribution >= 4 is 46.4 Å². The fourth-order valence-electron chi connectivity index (χ4n) is 3.86. The summed E-state index contributed by atoms with van der Waals surface area (Å²) < 4.78 is 16.5. The van der Waals surface area contributed by atoms with Crippen molar-refractivity contribution in [3.05, 3.63) is 58.5 Å². The Balaban J connectivity index is 1.38. The number of carbonyl (C=O) groups excluding carboxylic acids is 3. The van der Waals surface area contributed by atoms with Gasteiger partial charge in [0.2, 0.25) is 0 Å². The maximum Gasteiger partial charge on any atom is 0.412 e. The molecule has 1 aliphatic rings. The van der Waals surface area contributed by atoms with Gasteiger partial charge in [-0.3, -0.25) is 15.1 Å². The molecule has 3 aromatic rings. The molecule has 0 saturated heterocycles. The van der Waals surface area contributed by atoms with E-state index < -0.39 is 17.6 Å². The summed E-state index contributed by atoms with van der Waals surface area (Å²) in [6.45, 7) is 7.67. The number of rotatable bonds is 9. The number of nitrogens with zero attached hydrogens (tertiary/aromatic N) is 3. The van der Waals surface area contributed by atoms with Crippen LogP contribution < -0.4 is 25.4 Å². The molecule has 0 unspecified atom stereocenters. The lowest BCUT2D eigenvalue weighted by atomic mass is 10.2. The van der Waals surface area contributed by atoms with Crippen LogP contribution in [0.3, 0.4) is 0 Å². The predicted octanol–water partition coefficient (Wildman–Crippen LogP) is 5.11. The number of urea groups is 1. The summed E-state index contributed by atoms with van der Waals surface area (Å²) in [5, 5.41) is 11.8. The number of thiophene rings is 1. The van der Waals surface area contributed by atoms with Crippen LogP contribution in [0.15, 0.2) is 47.3 Å². The van der Waals surface area contributed by atoms with E-state index in [0.29, 0.717) is 54.9 Å². The molecule has 0 atom stereocenters. The van der Waals surface area contributed by atoms with E-state index in [9.17, 15) is 14.4 Å². The molecule has 0 bridgehead atoms. The van der Waals surface area contributed by atoms with Gasteiger partial charge < -0.3 is 34.6 Å². The van der Waals surface area contributed by atoms with Gasteiger partial charge in [-0.2, -0.15) is 0 Å². The summed E-state index contributed by atoms with van der Waals surface area (Å²) >= 11 is 1.32. The first-order chi connectivity index (χ1) is 20.0. The number of nitrogens with one attached hydrogen (secondary N) is 3. The van der Waals surface area contributed by atoms with Crippen molar-refractivity contribution < 1.29 is 28.6 Å². The molecular formula is C29H36N6O6S. The number of benzene rings is 1. The van der Waals surface area contributed by atoms with Gasteiger partial charge in [-0.15, -0.1) is 11.3 Å². The number of likely N-dealkylation sites (N-methyl/N-ethyl adjacent to an activating group) is 1. The van der Waals surface area contributed by atoms with Gasteiger partial charge in [0.1, 0.15) is 24.5 Å². The van der Waals surface area contributed by atoms with Crippen LogP contribution in [0.2, 0.25) is 0 Å². The maximum absolute atomic E-state index is 13.2. The molecule has 4 rings (SSSR count). The largest absolute Gasteiger partial charge is 0.486 e. The minimum absolute atomic E-state index is 0.189. The molecule has 2 aromatic heterocycles. The number of hydrogen-bond acceptors (Lipinski definition) is 9. The number of pyridine rings is 1. The van der Waals surface area contributed by atoms with Gasteiger partial charge >= 0.3 is 12.1 Å². The van der Waals surface area contributed by atoms with E-state index in [0.717, 1.165) is 5.56 Å². The smallest absolute Gasteiger partial charge is 0.412 e. The Hall–Kier alpha value is -4.36. The lowest BCUT2D eigenvalue weighted by Crippen LogP contribution is -2.39. The summed E-state index contributed by atoms with van der Waals surface area (Å²) in [5.41, 5.74) is 1.76. The van der Waals surface area contributed by atoms with Crippen molar-refractivity contribution in [2.45, 2.75) is 32.9 Å². The van der Waals surface area contributed by atoms with Crippen LogP contribution in [0.25, 0.3) is 0 Å². The quantitative estimate of drug-likeness (QED) is 0.310. The van der Waals surface area contributed by atoms with Gasteiger partial charge in [-0.05, 0) is 58.6 Å². The van der Waals surface area contributed by atoms with Gasteiger partial charge in [0, 0.05) is 48.3 Å². The minimum Gasteiger partial charge on any atom is -0.486 e. The van der Waals surface area contributed by atoms with Crippen molar-refractivity contribution in [1.82, 2.24) is 14.8 Å². The second-order valence-electron chi connectivity index (χ2n) is 10.8. The van der Waals surface area contributed by atoms with E-state index in [4.69, 9.17) is 14.2 Å². The molecule has 3 N–H and O–H groups in total. The van der Waals surface area contributed by atoms with Crippen LogP contribution >= 0.6 is 11.3 Å². The SMILES string of the molecule is CN(C)CCN(Cc1ccc(C(=O)Nc2cscc2NC(=O)OC(C)(C)C)nc1)C(=O)Nc1ccc2c(c1)OCCO2. The molecule has 13 heteroatoms. The predicted molar refractivity (Wildman–Crippen MR) is 162 cm³/mol. The van der Waals surface area contributed by atoms with Crippen LogP contribution in [0.4, 0.5) is 26.7 Å². The first-order valence-electron chi connectivity index (χ1n) is 13.4. The Bertz CT molecular complexity index is 1400. The fraction of sp³-hybridized carbons (Fsp3) is 0.379. The van der Waals surface area contributed by atoms with Crippen molar-refractivity contribution in [2.24, 2.45) is 0 Å². The third-order valence-corrected chi connectivity index (χ3v) is 6.62. The fourth-order valence-corrected chi connectivity index (χ4v) is 4.57. The van der Waals surface area contributed by atoms with Gasteiger partial charge in [0.05, 0.1) is 11.4 Å². The third-order valence-electron chi connectivity index (χ3n) is 5.87. The van der Waals surface area contributed by atoms with Crippen molar-refractivity contribution in [3.8, 4) is 11.5 Å². The molecule has 0 aliphatic carbocycles. The molecule has 0 radical (unpaired) electrons. The Morgan fingerprint density at radius 2 is 1.67 bits per heavy atom. The number of amides is 4. The molecule has 224 valence electrons. The maximum atomic E-state index is 13.2. The normalized spacial score (nSPS) is 12.4. The van der Waals surface area contributed by atoms with Crippen molar-refractivity contribution in [1.29, 1.82) is 0 Å². The van der Waals surface area contributed by atoms with E-state index >= 15 is 0 Å². The summed E-state index contributed by atoms with van der Waals surface area (Å²) in [6.07, 6.45) is 0.957. The summed E-state index contributed by atoms with van der Waals surface area (Å²) in [5.74, 6) is 0.800. The molecule has 3 heterocycles. The number of ether oxygens (including phenoxy) is 3. The zero-order valence-corrected chi connectivity index (χ0v) is 25.2. The van der Waals surface area contributed by atoms with Crippen LogP contribution in [-0.4, -0.2) is 78.8 Å². The molecule has 4 amide bonds. The highest BCUT2D eigenvalue weighted by Crippen LogP contribution is 2.33. The molecule has 1 aromatic carbocycles. The monoisotopic (exact) mass is 596 g/mol. The Labute approximate surface area is 249 Å². The van der Waals surface area contributed by atoms with E-state index in [1.165, 1.54) is 11.3 Å². The molecule has 0 spiro atoms. The highest BCUT2D eigenvalue weighted by atomic mass is 32.1. The summed E-state index contributed by atoms with van der Waals surface area (Å²) in [7, 11) is 3.88. The second-order valence-corrected chi connectivity index (χ2v) is 11.6. The summed E-state index contributed by atoms with van der Waals surface area (Å²) in [4.78, 5) is 46.3. The van der Waals surface area contributed by atoms with Gasteiger partial charge in [0.25, 0.3) is 5.91 Å². The number of aromatic nitrogens is 1. The first-order valence-corrected chi connectivity index (χ1v) is 14.3. The molecule has 0 fully saturated rings. The first kappa shape index (κ1) is 30.6. The van der Waals surface area contributed by atoms with Crippen molar-refractivity contribution in [2.75, 3.05) is 56.3 Å². The van der Waals surface area contributed by atoms with Gasteiger partial charge in [-0.25, -0.2) is 9.59 Å². The molecule has 0 saturated carbocycles. The second kappa shape index (κ2) is 13.5. The van der Waals surface area contributed by atoms with Crippen LogP contribution in [-0.2, 0) is 11.3 Å². The Morgan fingerprint density at radius 3 is 2.33 bits per heavy atom. The van der Waals surface area contributed by atoms with E-state index in [1.807, 2.05) is 19.0 Å². The van der Waals surface area contributed by atoms with Crippen LogP contribution in [0, 0.1) is 0 Å². The number of carbonyl (C=O) groups is 3. The minimum atomic E-state index is -0.649. The van der Waals surface area contributed by atoms with E-state index in [2.05, 4.69) is 20.9 Å². The standard InChI is InChI=1S/C29H36N6O6S/c1-29(2,3)41-28(38)33-23-18-42-17-22(23)32-26(36)21-8-6-19(15-30-21)16-35(11-10-34(4)5)27(37)31-20-7-9-24-25(14-20)40-13-12-39-24/h6-9,14-15,17-18H,10-13,16H2,1-5H3,(H,31,37)(H,32,36)(H,33,38). The topological polar surface area (TPSA) is 134 Å². The molecular weight excluding hydrogens is 560 g/mol. The zero-order valence-electron chi connectivity index (χ0n) is 24.4. The van der Waals surface area contributed by atoms with E-state index in [1.54, 1.807) is 73.0 Å². The lowest BCUT2D eigenvalue weighted by molar-refractivity contribution is 0.0635. The Morgan fingerprint density at radius 1 is 0.952 bits per heavy atom. The van der Waals surface area contributed by atoms with E-state index in [-0.39, 0.29) is 18.3 Å². The average molecular weight is 597 g/mol. The number of hydrogen-bond donors (Lipinski definition) is 3. The highest BCUT2D eigenvalue weighted by Gasteiger charge is 2.20. The number of anilines is 3. The van der Waals surface area contributed by atoms with Crippen LogP contribution in [0.1, 0.15) is 36.8 Å². The van der Waals surface area contributed by atoms with Gasteiger partial charge in [-0.1, -0.05) is 6.07 Å². The van der Waals surface area contributed by atoms with Crippen molar-refractivity contribution in [3.63, 3.8) is 0 Å². The number of fused-ring (bicyclic) bond motifs is 1. The average Bonchev–Trinajstić information content (AvgIpc) is 3.35. The lowest BCUT2D eigenvalue weighted by Gasteiger charge is -2.25. The zero-order chi connectivity index (χ0) is 30.3. The van der Waals surface area contributed by atoms with Gasteiger partial charge in [0.15, 0.2) is 11.5 Å². The molecule has 42 heavy (non-hydrogen) atoms. The molecule has 1 aliphatic heterocycles. The molecule has 12 nitrogen and oxygen atoms in total. The summed E-state index contributed by atoms with van der Waals surface area (Å²) in [6, 6.07) is 8.36. The van der Waals surface area contributed by atoms with Crippen LogP contribution in [0.5, 0.6) is 11.5 Å². The Kier molecular flexibility index (Phi) is 9.86. The highest BCUT2D eigenvalue weighted by molar-refractivity contribution is 7.09.